The van der Waals surface area contributed by atoms with E-state index < -0.39 is 12.1 Å². The Morgan fingerprint density at radius 1 is 1.30 bits per heavy atom. The molecule has 0 radical (unpaired) electrons. The van der Waals surface area contributed by atoms with Crippen LogP contribution in [0.25, 0.3) is 0 Å². The van der Waals surface area contributed by atoms with Crippen LogP contribution >= 0.6 is 0 Å². The van der Waals surface area contributed by atoms with Gasteiger partial charge in [-0.05, 0) is 5.56 Å². The summed E-state index contributed by atoms with van der Waals surface area (Å²) < 4.78 is 5.02. The fourth-order valence-corrected chi connectivity index (χ4v) is 1.49. The number of alkyl carbamates (subject to hydrolysis) is 1. The molecule has 6 nitrogen and oxygen atoms in total. The van der Waals surface area contributed by atoms with Crippen molar-refractivity contribution in [2.75, 3.05) is 20.7 Å². The molecule has 0 saturated heterocycles. The minimum absolute atomic E-state index is 0.0317. The van der Waals surface area contributed by atoms with Crippen molar-refractivity contribution < 1.29 is 19.4 Å². The maximum atomic E-state index is 11.6. The summed E-state index contributed by atoms with van der Waals surface area (Å²) in [5, 5.41) is 11.6. The third kappa shape index (κ3) is 5.71. The number of aliphatic hydroxyl groups excluding tert-OH is 1. The highest BCUT2D eigenvalue weighted by molar-refractivity contribution is 5.77. The molecular formula is C14H20N2O4. The number of hydrogen-bond acceptors (Lipinski definition) is 4. The molecule has 6 heteroatoms. The summed E-state index contributed by atoms with van der Waals surface area (Å²) in [4.78, 5) is 24.5. The molecule has 1 aromatic carbocycles. The fraction of sp³-hybridized carbons (Fsp3) is 0.429. The first-order chi connectivity index (χ1) is 9.52. The lowest BCUT2D eigenvalue weighted by molar-refractivity contribution is -0.129. The van der Waals surface area contributed by atoms with E-state index in [9.17, 15) is 9.59 Å². The van der Waals surface area contributed by atoms with E-state index in [1.165, 1.54) is 4.90 Å². The van der Waals surface area contributed by atoms with E-state index >= 15 is 0 Å². The molecule has 0 bridgehead atoms. The van der Waals surface area contributed by atoms with Gasteiger partial charge in [-0.25, -0.2) is 4.79 Å². The van der Waals surface area contributed by atoms with Crippen LogP contribution in [0.15, 0.2) is 30.3 Å². The van der Waals surface area contributed by atoms with Crippen molar-refractivity contribution in [2.24, 2.45) is 0 Å². The van der Waals surface area contributed by atoms with Crippen LogP contribution in [0.3, 0.4) is 0 Å². The lowest BCUT2D eigenvalue weighted by Crippen LogP contribution is -2.41. The maximum absolute atomic E-state index is 11.6. The number of hydrogen-bond donors (Lipinski definition) is 2. The monoisotopic (exact) mass is 280 g/mol. The molecule has 0 heterocycles. The van der Waals surface area contributed by atoms with Crippen LogP contribution < -0.4 is 5.32 Å². The molecule has 20 heavy (non-hydrogen) atoms. The molecule has 0 fully saturated rings. The van der Waals surface area contributed by atoms with Crippen molar-refractivity contribution in [3.63, 3.8) is 0 Å². The van der Waals surface area contributed by atoms with Gasteiger partial charge in [0.05, 0.1) is 12.6 Å². The molecule has 110 valence electrons. The van der Waals surface area contributed by atoms with Gasteiger partial charge in [0.1, 0.15) is 6.61 Å². The van der Waals surface area contributed by atoms with Crippen molar-refractivity contribution in [1.29, 1.82) is 0 Å². The number of carbonyl (C=O) groups excluding carboxylic acids is 2. The molecule has 2 amide bonds. The Hall–Kier alpha value is -2.08. The van der Waals surface area contributed by atoms with E-state index in [1.54, 1.807) is 14.1 Å². The Kier molecular flexibility index (Phi) is 6.52. The number of rotatable bonds is 6. The standard InChI is InChI=1S/C14H20N2O4/c1-16(2)13(18)8-12(9-17)15-14(19)20-10-11-6-4-3-5-7-11/h3-7,12,17H,8-10H2,1-2H3,(H,15,19)/t12-/m1/s1. The number of nitrogens with zero attached hydrogens (tertiary/aromatic N) is 1. The van der Waals surface area contributed by atoms with Crippen LogP contribution in [0.1, 0.15) is 12.0 Å². The molecule has 0 spiro atoms. The summed E-state index contributed by atoms with van der Waals surface area (Å²) in [5.41, 5.74) is 0.868. The summed E-state index contributed by atoms with van der Waals surface area (Å²) in [7, 11) is 3.23. The minimum atomic E-state index is -0.653. The average Bonchev–Trinajstić information content (AvgIpc) is 2.45. The average molecular weight is 280 g/mol. The first-order valence-electron chi connectivity index (χ1n) is 6.31. The SMILES string of the molecule is CN(C)C(=O)C[C@H](CO)NC(=O)OCc1ccccc1. The second-order valence-corrected chi connectivity index (χ2v) is 4.58. The Labute approximate surface area is 118 Å². The number of ether oxygens (including phenoxy) is 1. The third-order valence-electron chi connectivity index (χ3n) is 2.67. The third-order valence-corrected chi connectivity index (χ3v) is 2.67. The van der Waals surface area contributed by atoms with Crippen LogP contribution in [0.4, 0.5) is 4.79 Å². The smallest absolute Gasteiger partial charge is 0.407 e. The molecule has 1 aromatic rings. The predicted molar refractivity (Wildman–Crippen MR) is 73.9 cm³/mol. The van der Waals surface area contributed by atoms with Crippen LogP contribution in [-0.2, 0) is 16.1 Å². The quantitative estimate of drug-likeness (QED) is 0.806. The maximum Gasteiger partial charge on any atom is 0.407 e. The van der Waals surface area contributed by atoms with Gasteiger partial charge in [-0.15, -0.1) is 0 Å². The molecule has 1 rings (SSSR count). The number of carbonyl (C=O) groups is 2. The molecule has 0 aromatic heterocycles. The summed E-state index contributed by atoms with van der Waals surface area (Å²) in [6.07, 6.45) is -0.622. The molecular weight excluding hydrogens is 260 g/mol. The van der Waals surface area contributed by atoms with Crippen molar-refractivity contribution in [1.82, 2.24) is 10.2 Å². The number of amides is 2. The Bertz CT molecular complexity index is 434. The van der Waals surface area contributed by atoms with Gasteiger partial charge < -0.3 is 20.1 Å². The Morgan fingerprint density at radius 2 is 1.95 bits per heavy atom. The van der Waals surface area contributed by atoms with Crippen molar-refractivity contribution >= 4 is 12.0 Å². The van der Waals surface area contributed by atoms with Gasteiger partial charge in [-0.1, -0.05) is 30.3 Å². The van der Waals surface area contributed by atoms with Crippen LogP contribution in [0, 0.1) is 0 Å². The zero-order chi connectivity index (χ0) is 15.0. The highest BCUT2D eigenvalue weighted by Crippen LogP contribution is 2.01. The van der Waals surface area contributed by atoms with Gasteiger partial charge in [-0.3, -0.25) is 4.79 Å². The summed E-state index contributed by atoms with van der Waals surface area (Å²) in [6.45, 7) is -0.174. The van der Waals surface area contributed by atoms with Gasteiger partial charge in [0.15, 0.2) is 0 Å². The first kappa shape index (κ1) is 16.0. The summed E-state index contributed by atoms with van der Waals surface area (Å²) in [6, 6.07) is 8.61. The van der Waals surface area contributed by atoms with Crippen LogP contribution in [0.2, 0.25) is 0 Å². The number of aliphatic hydroxyl groups is 1. The van der Waals surface area contributed by atoms with Gasteiger partial charge in [0.2, 0.25) is 5.91 Å². The van der Waals surface area contributed by atoms with Crippen LogP contribution in [-0.4, -0.2) is 48.8 Å². The molecule has 0 aliphatic carbocycles. The molecule has 0 aliphatic rings. The number of nitrogens with one attached hydrogen (secondary N) is 1. The van der Waals surface area contributed by atoms with Gasteiger partial charge in [0, 0.05) is 20.5 Å². The Morgan fingerprint density at radius 3 is 2.50 bits per heavy atom. The van der Waals surface area contributed by atoms with Crippen molar-refractivity contribution in [3.8, 4) is 0 Å². The first-order valence-corrected chi connectivity index (χ1v) is 6.31. The van der Waals surface area contributed by atoms with E-state index in [-0.39, 0.29) is 25.5 Å². The molecule has 0 saturated carbocycles. The van der Waals surface area contributed by atoms with Gasteiger partial charge >= 0.3 is 6.09 Å². The van der Waals surface area contributed by atoms with Gasteiger partial charge in [0.25, 0.3) is 0 Å². The van der Waals surface area contributed by atoms with Crippen molar-refractivity contribution in [3.05, 3.63) is 35.9 Å². The molecule has 0 aliphatic heterocycles. The van der Waals surface area contributed by atoms with E-state index in [4.69, 9.17) is 9.84 Å². The van der Waals surface area contributed by atoms with Crippen LogP contribution in [0.5, 0.6) is 0 Å². The zero-order valence-corrected chi connectivity index (χ0v) is 11.7. The second-order valence-electron chi connectivity index (χ2n) is 4.58. The minimum Gasteiger partial charge on any atom is -0.445 e. The largest absolute Gasteiger partial charge is 0.445 e. The van der Waals surface area contributed by atoms with E-state index in [0.717, 1.165) is 5.56 Å². The predicted octanol–water partition coefficient (Wildman–Crippen LogP) is 0.752. The topological polar surface area (TPSA) is 78.9 Å². The summed E-state index contributed by atoms with van der Waals surface area (Å²) in [5.74, 6) is -0.174. The number of benzene rings is 1. The second kappa shape index (κ2) is 8.16. The zero-order valence-electron chi connectivity index (χ0n) is 11.7. The lowest BCUT2D eigenvalue weighted by Gasteiger charge is -2.18. The highest BCUT2D eigenvalue weighted by atomic mass is 16.5. The van der Waals surface area contributed by atoms with E-state index in [2.05, 4.69) is 5.32 Å². The normalized spacial score (nSPS) is 11.6. The summed E-state index contributed by atoms with van der Waals surface area (Å²) >= 11 is 0. The fourth-order valence-electron chi connectivity index (χ4n) is 1.49. The van der Waals surface area contributed by atoms with Crippen molar-refractivity contribution in [2.45, 2.75) is 19.1 Å². The molecule has 2 N–H and O–H groups in total. The van der Waals surface area contributed by atoms with E-state index in [1.807, 2.05) is 30.3 Å². The lowest BCUT2D eigenvalue weighted by atomic mass is 10.2. The molecule has 1 atom stereocenters. The highest BCUT2D eigenvalue weighted by Gasteiger charge is 2.17. The van der Waals surface area contributed by atoms with Gasteiger partial charge in [-0.2, -0.15) is 0 Å². The molecule has 0 unspecified atom stereocenters. The Balaban J connectivity index is 2.37. The van der Waals surface area contributed by atoms with E-state index in [0.29, 0.717) is 0 Å².